The van der Waals surface area contributed by atoms with E-state index >= 15 is 0 Å². The zero-order valence-corrected chi connectivity index (χ0v) is 10.8. The molecule has 0 radical (unpaired) electrons. The van der Waals surface area contributed by atoms with E-state index < -0.39 is 0 Å². The van der Waals surface area contributed by atoms with E-state index in [1.54, 1.807) is 0 Å². The lowest BCUT2D eigenvalue weighted by molar-refractivity contribution is 0.00136. The summed E-state index contributed by atoms with van der Waals surface area (Å²) in [7, 11) is 0. The highest BCUT2D eigenvalue weighted by Gasteiger charge is 2.22. The van der Waals surface area contributed by atoms with Crippen molar-refractivity contribution in [2.45, 2.75) is 71.8 Å². The summed E-state index contributed by atoms with van der Waals surface area (Å²) in [4.78, 5) is 0. The minimum absolute atomic E-state index is 0.518. The van der Waals surface area contributed by atoms with E-state index in [0.29, 0.717) is 6.10 Å². The Kier molecular flexibility index (Phi) is 6.31. The fraction of sp³-hybridized carbons (Fsp3) is 1.00. The fourth-order valence-electron chi connectivity index (χ4n) is 2.63. The van der Waals surface area contributed by atoms with Gasteiger partial charge < -0.3 is 4.74 Å². The van der Waals surface area contributed by atoms with Crippen molar-refractivity contribution >= 4 is 0 Å². The van der Waals surface area contributed by atoms with Gasteiger partial charge in [-0.25, -0.2) is 0 Å². The minimum atomic E-state index is 0.518. The van der Waals surface area contributed by atoms with Crippen molar-refractivity contribution in [1.29, 1.82) is 0 Å². The Morgan fingerprint density at radius 2 is 1.93 bits per heavy atom. The molecule has 0 bridgehead atoms. The van der Waals surface area contributed by atoms with Gasteiger partial charge in [0.05, 0.1) is 12.7 Å². The summed E-state index contributed by atoms with van der Waals surface area (Å²) < 4.78 is 6.04. The lowest BCUT2D eigenvalue weighted by atomic mass is 9.81. The van der Waals surface area contributed by atoms with Crippen LogP contribution >= 0.6 is 0 Å². The zero-order valence-electron chi connectivity index (χ0n) is 10.8. The average molecular weight is 212 g/mol. The molecule has 0 aromatic carbocycles. The molecule has 1 heteroatoms. The molecule has 1 aliphatic carbocycles. The maximum absolute atomic E-state index is 6.04. The first-order chi connectivity index (χ1) is 7.27. The van der Waals surface area contributed by atoms with E-state index in [1.807, 2.05) is 0 Å². The first-order valence-electron chi connectivity index (χ1n) is 6.89. The molecule has 90 valence electrons. The summed E-state index contributed by atoms with van der Waals surface area (Å²) in [5, 5.41) is 0. The number of hydrogen-bond donors (Lipinski definition) is 0. The van der Waals surface area contributed by atoms with E-state index in [0.717, 1.165) is 18.4 Å². The van der Waals surface area contributed by atoms with Crippen molar-refractivity contribution < 1.29 is 4.74 Å². The second-order valence-electron chi connectivity index (χ2n) is 5.17. The van der Waals surface area contributed by atoms with Crippen LogP contribution in [0.2, 0.25) is 0 Å². The lowest BCUT2D eigenvalue weighted by Crippen LogP contribution is -2.24. The molecular weight excluding hydrogens is 184 g/mol. The van der Waals surface area contributed by atoms with Gasteiger partial charge in [0.25, 0.3) is 0 Å². The van der Waals surface area contributed by atoms with Gasteiger partial charge in [0.2, 0.25) is 0 Å². The quantitative estimate of drug-likeness (QED) is 0.634. The van der Waals surface area contributed by atoms with Crippen molar-refractivity contribution in [2.24, 2.45) is 11.8 Å². The predicted octanol–water partition coefficient (Wildman–Crippen LogP) is 4.41. The van der Waals surface area contributed by atoms with Crippen molar-refractivity contribution in [3.63, 3.8) is 0 Å². The second-order valence-corrected chi connectivity index (χ2v) is 5.17. The van der Waals surface area contributed by atoms with E-state index in [-0.39, 0.29) is 0 Å². The molecule has 0 spiro atoms. The van der Waals surface area contributed by atoms with Crippen LogP contribution < -0.4 is 0 Å². The Morgan fingerprint density at radius 3 is 2.53 bits per heavy atom. The summed E-state index contributed by atoms with van der Waals surface area (Å²) in [6.45, 7) is 7.90. The molecule has 1 rings (SSSR count). The molecule has 0 aromatic rings. The Balaban J connectivity index is 2.21. The molecule has 0 N–H and O–H groups in total. The van der Waals surface area contributed by atoms with Crippen LogP contribution in [0.1, 0.15) is 65.7 Å². The third-order valence-corrected chi connectivity index (χ3v) is 3.90. The molecule has 1 aliphatic rings. The second kappa shape index (κ2) is 7.27. The highest BCUT2D eigenvalue weighted by Crippen LogP contribution is 2.30. The summed E-state index contributed by atoms with van der Waals surface area (Å²) in [5.74, 6) is 1.72. The largest absolute Gasteiger partial charge is 0.378 e. The predicted molar refractivity (Wildman–Crippen MR) is 66.1 cm³/mol. The van der Waals surface area contributed by atoms with Crippen molar-refractivity contribution in [3.05, 3.63) is 0 Å². The van der Waals surface area contributed by atoms with Gasteiger partial charge in [-0.05, 0) is 31.1 Å². The molecular formula is C14H28O. The summed E-state index contributed by atoms with van der Waals surface area (Å²) in [5.41, 5.74) is 0. The van der Waals surface area contributed by atoms with Crippen molar-refractivity contribution in [1.82, 2.24) is 0 Å². The maximum Gasteiger partial charge on any atom is 0.0572 e. The fourth-order valence-corrected chi connectivity index (χ4v) is 2.63. The van der Waals surface area contributed by atoms with Crippen LogP contribution in [0.4, 0.5) is 0 Å². The lowest BCUT2D eigenvalue weighted by Gasteiger charge is -2.30. The normalized spacial score (nSPS) is 29.0. The Hall–Kier alpha value is -0.0400. The van der Waals surface area contributed by atoms with Gasteiger partial charge in [-0.15, -0.1) is 0 Å². The smallest absolute Gasteiger partial charge is 0.0572 e. The molecule has 0 aromatic heterocycles. The van der Waals surface area contributed by atoms with Crippen LogP contribution in [0.3, 0.4) is 0 Å². The molecule has 0 heterocycles. The monoisotopic (exact) mass is 212 g/mol. The molecule has 15 heavy (non-hydrogen) atoms. The van der Waals surface area contributed by atoms with Gasteiger partial charge in [-0.1, -0.05) is 46.5 Å². The van der Waals surface area contributed by atoms with E-state index in [9.17, 15) is 0 Å². The van der Waals surface area contributed by atoms with Crippen LogP contribution in [0.25, 0.3) is 0 Å². The Labute approximate surface area is 95.6 Å². The molecule has 3 atom stereocenters. The number of hydrogen-bond acceptors (Lipinski definition) is 1. The first kappa shape index (κ1) is 13.0. The van der Waals surface area contributed by atoms with Gasteiger partial charge in [-0.3, -0.25) is 0 Å². The van der Waals surface area contributed by atoms with Crippen molar-refractivity contribution in [3.8, 4) is 0 Å². The van der Waals surface area contributed by atoms with Crippen LogP contribution in [-0.4, -0.2) is 12.7 Å². The summed E-state index contributed by atoms with van der Waals surface area (Å²) >= 11 is 0. The number of ether oxygens (including phenoxy) is 1. The maximum atomic E-state index is 6.04. The first-order valence-corrected chi connectivity index (χ1v) is 6.89. The SMILES string of the molecule is CCCC(CC)OC[C@H]1CCCC[C@H]1C. The molecule has 0 saturated heterocycles. The Bertz CT molecular complexity index is 155. The van der Waals surface area contributed by atoms with Gasteiger partial charge in [0, 0.05) is 0 Å². The highest BCUT2D eigenvalue weighted by atomic mass is 16.5. The van der Waals surface area contributed by atoms with Crippen LogP contribution in [0.15, 0.2) is 0 Å². The summed E-state index contributed by atoms with van der Waals surface area (Å²) in [6, 6.07) is 0. The molecule has 1 fully saturated rings. The molecule has 1 unspecified atom stereocenters. The topological polar surface area (TPSA) is 9.23 Å². The van der Waals surface area contributed by atoms with Gasteiger partial charge in [0.15, 0.2) is 0 Å². The van der Waals surface area contributed by atoms with Crippen molar-refractivity contribution in [2.75, 3.05) is 6.61 Å². The zero-order chi connectivity index (χ0) is 11.1. The van der Waals surface area contributed by atoms with Crippen LogP contribution in [0.5, 0.6) is 0 Å². The molecule has 0 aliphatic heterocycles. The van der Waals surface area contributed by atoms with E-state index in [2.05, 4.69) is 20.8 Å². The third kappa shape index (κ3) is 4.55. The highest BCUT2D eigenvalue weighted by molar-refractivity contribution is 4.72. The minimum Gasteiger partial charge on any atom is -0.378 e. The number of rotatable bonds is 6. The molecule has 1 saturated carbocycles. The summed E-state index contributed by atoms with van der Waals surface area (Å²) in [6.07, 6.45) is 9.84. The van der Waals surface area contributed by atoms with Gasteiger partial charge in [-0.2, -0.15) is 0 Å². The third-order valence-electron chi connectivity index (χ3n) is 3.90. The average Bonchev–Trinajstić information content (AvgIpc) is 2.26. The van der Waals surface area contributed by atoms with E-state index in [1.165, 1.54) is 44.9 Å². The molecule has 0 amide bonds. The van der Waals surface area contributed by atoms with Crippen LogP contribution in [-0.2, 0) is 4.74 Å². The van der Waals surface area contributed by atoms with Crippen LogP contribution in [0, 0.1) is 11.8 Å². The van der Waals surface area contributed by atoms with Gasteiger partial charge in [0.1, 0.15) is 0 Å². The Morgan fingerprint density at radius 1 is 1.20 bits per heavy atom. The van der Waals surface area contributed by atoms with Gasteiger partial charge >= 0.3 is 0 Å². The molecule has 1 nitrogen and oxygen atoms in total. The standard InChI is InChI=1S/C14H28O/c1-4-8-14(5-2)15-11-13-10-7-6-9-12(13)3/h12-14H,4-11H2,1-3H3/t12-,13-,14?/m1/s1. The van der Waals surface area contributed by atoms with E-state index in [4.69, 9.17) is 4.74 Å².